The number of hydrogen-bond donors (Lipinski definition) is 1. The topological polar surface area (TPSA) is 47.0 Å². The van der Waals surface area contributed by atoms with Crippen molar-refractivity contribution in [2.75, 3.05) is 7.05 Å². The Kier molecular flexibility index (Phi) is 2.94. The SMILES string of the molecule is CNCc1cnc(C2Cc3ccccc3O2)nc1. The number of fused-ring (bicyclic) bond motifs is 1. The summed E-state index contributed by atoms with van der Waals surface area (Å²) in [7, 11) is 1.91. The predicted octanol–water partition coefficient (Wildman–Crippen LogP) is 1.87. The highest BCUT2D eigenvalue weighted by molar-refractivity contribution is 5.38. The first kappa shape index (κ1) is 11.2. The Balaban J connectivity index is 1.78. The molecule has 0 amide bonds. The zero-order valence-electron chi connectivity index (χ0n) is 10.3. The largest absolute Gasteiger partial charge is 0.482 e. The summed E-state index contributed by atoms with van der Waals surface area (Å²) in [6, 6.07) is 8.09. The van der Waals surface area contributed by atoms with E-state index in [0.717, 1.165) is 30.1 Å². The van der Waals surface area contributed by atoms with Gasteiger partial charge in [-0.2, -0.15) is 0 Å². The first-order valence-electron chi connectivity index (χ1n) is 6.07. The van der Waals surface area contributed by atoms with E-state index in [4.69, 9.17) is 4.74 Å². The maximum Gasteiger partial charge on any atom is 0.169 e. The van der Waals surface area contributed by atoms with E-state index < -0.39 is 0 Å². The molecule has 0 aliphatic carbocycles. The number of aromatic nitrogens is 2. The van der Waals surface area contributed by atoms with Crippen LogP contribution in [0.25, 0.3) is 0 Å². The summed E-state index contributed by atoms with van der Waals surface area (Å²) in [6.07, 6.45) is 4.50. The molecule has 1 aromatic heterocycles. The summed E-state index contributed by atoms with van der Waals surface area (Å²) in [5.74, 6) is 1.71. The summed E-state index contributed by atoms with van der Waals surface area (Å²) in [6.45, 7) is 0.784. The van der Waals surface area contributed by atoms with Crippen molar-refractivity contribution in [3.05, 3.63) is 53.6 Å². The van der Waals surface area contributed by atoms with Gasteiger partial charge in [0.25, 0.3) is 0 Å². The molecule has 1 aliphatic heterocycles. The Morgan fingerprint density at radius 1 is 1.28 bits per heavy atom. The lowest BCUT2D eigenvalue weighted by Crippen LogP contribution is -2.11. The number of nitrogens with one attached hydrogen (secondary N) is 1. The molecule has 18 heavy (non-hydrogen) atoms. The summed E-state index contributed by atoms with van der Waals surface area (Å²) < 4.78 is 5.85. The van der Waals surface area contributed by atoms with Crippen molar-refractivity contribution in [1.29, 1.82) is 0 Å². The van der Waals surface area contributed by atoms with E-state index in [2.05, 4.69) is 21.4 Å². The van der Waals surface area contributed by atoms with Crippen LogP contribution in [0.15, 0.2) is 36.7 Å². The normalized spacial score (nSPS) is 17.3. The molecule has 3 rings (SSSR count). The Bertz CT molecular complexity index is 514. The van der Waals surface area contributed by atoms with E-state index in [1.807, 2.05) is 37.6 Å². The highest BCUT2D eigenvalue weighted by Crippen LogP contribution is 2.34. The number of nitrogens with zero attached hydrogens (tertiary/aromatic N) is 2. The maximum absolute atomic E-state index is 5.85. The molecule has 1 unspecified atom stereocenters. The number of ether oxygens (including phenoxy) is 1. The van der Waals surface area contributed by atoms with Gasteiger partial charge < -0.3 is 10.1 Å². The van der Waals surface area contributed by atoms with E-state index in [9.17, 15) is 0 Å². The van der Waals surface area contributed by atoms with Gasteiger partial charge in [0.2, 0.25) is 0 Å². The molecule has 0 bridgehead atoms. The van der Waals surface area contributed by atoms with Crippen LogP contribution in [-0.2, 0) is 13.0 Å². The fourth-order valence-corrected chi connectivity index (χ4v) is 2.15. The lowest BCUT2D eigenvalue weighted by atomic mass is 10.1. The maximum atomic E-state index is 5.85. The molecule has 1 aliphatic rings. The lowest BCUT2D eigenvalue weighted by molar-refractivity contribution is 0.227. The van der Waals surface area contributed by atoms with E-state index in [1.165, 1.54) is 5.56 Å². The van der Waals surface area contributed by atoms with Crippen LogP contribution in [0.4, 0.5) is 0 Å². The van der Waals surface area contributed by atoms with Gasteiger partial charge in [0, 0.05) is 30.9 Å². The molecule has 2 heterocycles. The van der Waals surface area contributed by atoms with E-state index >= 15 is 0 Å². The highest BCUT2D eigenvalue weighted by atomic mass is 16.5. The molecular weight excluding hydrogens is 226 g/mol. The van der Waals surface area contributed by atoms with Crippen LogP contribution in [0.2, 0.25) is 0 Å². The molecule has 0 saturated heterocycles. The highest BCUT2D eigenvalue weighted by Gasteiger charge is 2.25. The second-order valence-corrected chi connectivity index (χ2v) is 4.40. The van der Waals surface area contributed by atoms with Crippen LogP contribution >= 0.6 is 0 Å². The average molecular weight is 241 g/mol. The van der Waals surface area contributed by atoms with Gasteiger partial charge >= 0.3 is 0 Å². The third-order valence-electron chi connectivity index (χ3n) is 3.04. The van der Waals surface area contributed by atoms with Gasteiger partial charge in [-0.1, -0.05) is 18.2 Å². The van der Waals surface area contributed by atoms with Crippen molar-refractivity contribution >= 4 is 0 Å². The second-order valence-electron chi connectivity index (χ2n) is 4.40. The molecule has 0 spiro atoms. The summed E-state index contributed by atoms with van der Waals surface area (Å²) >= 11 is 0. The van der Waals surface area contributed by atoms with E-state index in [1.54, 1.807) is 0 Å². The van der Waals surface area contributed by atoms with Crippen LogP contribution in [0.3, 0.4) is 0 Å². The number of hydrogen-bond acceptors (Lipinski definition) is 4. The smallest absolute Gasteiger partial charge is 0.169 e. The van der Waals surface area contributed by atoms with Gasteiger partial charge in [-0.15, -0.1) is 0 Å². The Morgan fingerprint density at radius 3 is 2.78 bits per heavy atom. The quantitative estimate of drug-likeness (QED) is 0.891. The van der Waals surface area contributed by atoms with Crippen molar-refractivity contribution in [2.45, 2.75) is 19.1 Å². The number of benzene rings is 1. The van der Waals surface area contributed by atoms with Gasteiger partial charge in [-0.3, -0.25) is 0 Å². The van der Waals surface area contributed by atoms with Crippen molar-refractivity contribution in [3.8, 4) is 5.75 Å². The minimum Gasteiger partial charge on any atom is -0.482 e. The molecule has 1 N–H and O–H groups in total. The fourth-order valence-electron chi connectivity index (χ4n) is 2.15. The third-order valence-corrected chi connectivity index (χ3v) is 3.04. The van der Waals surface area contributed by atoms with Gasteiger partial charge in [0.05, 0.1) is 0 Å². The minimum atomic E-state index is -0.0500. The van der Waals surface area contributed by atoms with Crippen LogP contribution in [0.5, 0.6) is 5.75 Å². The van der Waals surface area contributed by atoms with Crippen LogP contribution in [0.1, 0.15) is 23.1 Å². The molecule has 0 fully saturated rings. The molecule has 92 valence electrons. The molecule has 0 saturated carbocycles. The van der Waals surface area contributed by atoms with Crippen molar-refractivity contribution in [3.63, 3.8) is 0 Å². The zero-order valence-corrected chi connectivity index (χ0v) is 10.3. The second kappa shape index (κ2) is 4.74. The van der Waals surface area contributed by atoms with E-state index in [-0.39, 0.29) is 6.10 Å². The van der Waals surface area contributed by atoms with Crippen molar-refractivity contribution in [1.82, 2.24) is 15.3 Å². The lowest BCUT2D eigenvalue weighted by Gasteiger charge is -2.09. The molecule has 4 nitrogen and oxygen atoms in total. The van der Waals surface area contributed by atoms with Crippen LogP contribution in [0, 0.1) is 0 Å². The Hall–Kier alpha value is -1.94. The standard InChI is InChI=1S/C14H15N3O/c1-15-7-10-8-16-14(17-9-10)13-6-11-4-2-3-5-12(11)18-13/h2-5,8-9,13,15H,6-7H2,1H3. The predicted molar refractivity (Wildman–Crippen MR) is 68.3 cm³/mol. The number of rotatable bonds is 3. The summed E-state index contributed by atoms with van der Waals surface area (Å²) in [4.78, 5) is 8.77. The molecule has 1 aromatic carbocycles. The molecule has 2 aromatic rings. The van der Waals surface area contributed by atoms with Crippen molar-refractivity contribution in [2.24, 2.45) is 0 Å². The zero-order chi connectivity index (χ0) is 12.4. The third kappa shape index (κ3) is 2.07. The fraction of sp³-hybridized carbons (Fsp3) is 0.286. The van der Waals surface area contributed by atoms with Gasteiger partial charge in [-0.25, -0.2) is 9.97 Å². The summed E-state index contributed by atoms with van der Waals surface area (Å²) in [5, 5.41) is 3.08. The van der Waals surface area contributed by atoms with Gasteiger partial charge in [-0.05, 0) is 18.7 Å². The monoisotopic (exact) mass is 241 g/mol. The Labute approximate surface area is 106 Å². The van der Waals surface area contributed by atoms with Gasteiger partial charge in [0.1, 0.15) is 5.75 Å². The van der Waals surface area contributed by atoms with E-state index in [0.29, 0.717) is 0 Å². The van der Waals surface area contributed by atoms with Gasteiger partial charge in [0.15, 0.2) is 11.9 Å². The Morgan fingerprint density at radius 2 is 2.06 bits per heavy atom. The minimum absolute atomic E-state index is 0.0500. The van der Waals surface area contributed by atoms with Crippen LogP contribution in [-0.4, -0.2) is 17.0 Å². The first-order valence-corrected chi connectivity index (χ1v) is 6.07. The molecular formula is C14H15N3O. The molecule has 1 atom stereocenters. The van der Waals surface area contributed by atoms with Crippen LogP contribution < -0.4 is 10.1 Å². The number of para-hydroxylation sites is 1. The summed E-state index contributed by atoms with van der Waals surface area (Å²) in [5.41, 5.74) is 2.31. The van der Waals surface area contributed by atoms with Crippen molar-refractivity contribution < 1.29 is 4.74 Å². The average Bonchev–Trinajstić information content (AvgIpc) is 2.84. The molecule has 0 radical (unpaired) electrons. The first-order chi connectivity index (χ1) is 8.86. The molecule has 4 heteroatoms.